The zero-order valence-electron chi connectivity index (χ0n) is 22.3. The van der Waals surface area contributed by atoms with Crippen molar-refractivity contribution in [1.29, 1.82) is 0 Å². The summed E-state index contributed by atoms with van der Waals surface area (Å²) in [6.45, 7) is 3.85. The molecule has 39 heavy (non-hydrogen) atoms. The van der Waals surface area contributed by atoms with Gasteiger partial charge in [0.15, 0.2) is 11.9 Å². The molecule has 4 atom stereocenters. The van der Waals surface area contributed by atoms with Gasteiger partial charge < -0.3 is 54.8 Å². The highest BCUT2D eigenvalue weighted by atomic mass is 16.4. The summed E-state index contributed by atoms with van der Waals surface area (Å²) in [5.74, 6) is -5.35. The topological polar surface area (TPSA) is 317 Å². The first-order valence-electron chi connectivity index (χ1n) is 12.4. The molecule has 0 spiro atoms. The van der Waals surface area contributed by atoms with Crippen LogP contribution in [0.3, 0.4) is 0 Å². The maximum absolute atomic E-state index is 13.2. The van der Waals surface area contributed by atoms with Crippen LogP contribution < -0.4 is 44.6 Å². The summed E-state index contributed by atoms with van der Waals surface area (Å²) in [6, 6.07) is -5.06. The molecule has 4 unspecified atom stereocenters. The Labute approximate surface area is 226 Å². The molecule has 0 aromatic heterocycles. The van der Waals surface area contributed by atoms with E-state index in [0.717, 1.165) is 0 Å². The largest absolute Gasteiger partial charge is 0.481 e. The molecule has 17 nitrogen and oxygen atoms in total. The number of carboxylic acid groups (broad SMARTS) is 2. The quantitative estimate of drug-likeness (QED) is 0.0419. The van der Waals surface area contributed by atoms with E-state index in [1.807, 2.05) is 0 Å². The molecule has 222 valence electrons. The van der Waals surface area contributed by atoms with E-state index >= 15 is 0 Å². The smallest absolute Gasteiger partial charge is 0.326 e. The number of nitrogens with zero attached hydrogens (tertiary/aromatic N) is 2. The maximum atomic E-state index is 13.2. The lowest BCUT2D eigenvalue weighted by Gasteiger charge is -2.25. The van der Waals surface area contributed by atoms with Crippen molar-refractivity contribution in [3.63, 3.8) is 0 Å². The Bertz CT molecular complexity index is 902. The van der Waals surface area contributed by atoms with E-state index in [0.29, 0.717) is 0 Å². The second-order valence-electron chi connectivity index (χ2n) is 9.25. The van der Waals surface area contributed by atoms with Crippen molar-refractivity contribution in [1.82, 2.24) is 16.0 Å². The van der Waals surface area contributed by atoms with Gasteiger partial charge in [0.2, 0.25) is 17.7 Å². The zero-order chi connectivity index (χ0) is 30.1. The highest BCUT2D eigenvalue weighted by Gasteiger charge is 2.30. The minimum absolute atomic E-state index is 0.0155. The van der Waals surface area contributed by atoms with Gasteiger partial charge in [-0.15, -0.1) is 0 Å². The lowest BCUT2D eigenvalue weighted by atomic mass is 10.0. The number of rotatable bonds is 19. The Morgan fingerprint density at radius 3 is 1.49 bits per heavy atom. The number of nitrogens with one attached hydrogen (secondary N) is 3. The molecule has 3 amide bonds. The third kappa shape index (κ3) is 16.3. The highest BCUT2D eigenvalue weighted by Crippen LogP contribution is 2.08. The molecule has 0 rings (SSSR count). The fourth-order valence-electron chi connectivity index (χ4n) is 3.34. The highest BCUT2D eigenvalue weighted by molar-refractivity contribution is 5.94. The summed E-state index contributed by atoms with van der Waals surface area (Å²) >= 11 is 0. The number of nitrogens with two attached hydrogens (primary N) is 5. The van der Waals surface area contributed by atoms with Crippen molar-refractivity contribution in [2.45, 2.75) is 76.5 Å². The van der Waals surface area contributed by atoms with E-state index < -0.39 is 60.2 Å². The van der Waals surface area contributed by atoms with Gasteiger partial charge >= 0.3 is 11.9 Å². The molecule has 0 aliphatic heterocycles. The SMILES string of the molecule is CC(C)CC(NC(=O)C(CCCN=C(N)N)NC(=O)C(CCCN=C(N)N)NC(=O)C(N)CC(=O)O)C(=O)O. The number of aliphatic imine (C=N–C) groups is 2. The molecule has 0 saturated carbocycles. The minimum atomic E-state index is -1.43. The van der Waals surface area contributed by atoms with Crippen LogP contribution in [0, 0.1) is 5.92 Å². The van der Waals surface area contributed by atoms with Gasteiger partial charge in [0.1, 0.15) is 18.1 Å². The van der Waals surface area contributed by atoms with E-state index in [2.05, 4.69) is 25.9 Å². The average molecular weight is 559 g/mol. The lowest BCUT2D eigenvalue weighted by Crippen LogP contribution is -2.57. The van der Waals surface area contributed by atoms with Crippen molar-refractivity contribution >= 4 is 41.6 Å². The second kappa shape index (κ2) is 18.2. The number of hydrogen-bond acceptors (Lipinski definition) is 8. The summed E-state index contributed by atoms with van der Waals surface area (Å²) in [7, 11) is 0. The Balaban J connectivity index is 5.78. The van der Waals surface area contributed by atoms with E-state index in [1.54, 1.807) is 13.8 Å². The molecule has 0 fully saturated rings. The molecular weight excluding hydrogens is 516 g/mol. The number of carbonyl (C=O) groups is 5. The van der Waals surface area contributed by atoms with Crippen LogP contribution in [0.5, 0.6) is 0 Å². The molecule has 0 heterocycles. The standard InChI is InChI=1S/C22H42N10O7/c1-11(2)9-15(20(38)39)32-19(37)14(6-4-8-29-22(26)27)31-18(36)13(5-3-7-28-21(24)25)30-17(35)12(23)10-16(33)34/h11-15H,3-10,23H2,1-2H3,(H,30,35)(H,31,36)(H,32,37)(H,33,34)(H,38,39)(H4,24,25,28)(H4,26,27,29). The molecule has 0 bridgehead atoms. The summed E-state index contributed by atoms with van der Waals surface area (Å²) < 4.78 is 0. The van der Waals surface area contributed by atoms with Gasteiger partial charge in [-0.05, 0) is 38.0 Å². The molecule has 0 saturated heterocycles. The van der Waals surface area contributed by atoms with Crippen molar-refractivity contribution in [2.75, 3.05) is 13.1 Å². The summed E-state index contributed by atoms with van der Waals surface area (Å²) in [5.41, 5.74) is 26.8. The van der Waals surface area contributed by atoms with Crippen LogP contribution in [0.2, 0.25) is 0 Å². The van der Waals surface area contributed by atoms with E-state index in [9.17, 15) is 29.1 Å². The fraction of sp³-hybridized carbons (Fsp3) is 0.682. The predicted octanol–water partition coefficient (Wildman–Crippen LogP) is -3.52. The Morgan fingerprint density at radius 1 is 0.718 bits per heavy atom. The molecule has 0 aliphatic carbocycles. The summed E-state index contributed by atoms with van der Waals surface area (Å²) in [5, 5.41) is 25.7. The van der Waals surface area contributed by atoms with Gasteiger partial charge in [-0.25, -0.2) is 4.79 Å². The number of guanidine groups is 2. The van der Waals surface area contributed by atoms with Gasteiger partial charge in [-0.1, -0.05) is 13.8 Å². The molecular formula is C22H42N10O7. The first kappa shape index (κ1) is 34.9. The van der Waals surface area contributed by atoms with Gasteiger partial charge in [-0.2, -0.15) is 0 Å². The van der Waals surface area contributed by atoms with Crippen LogP contribution in [0.4, 0.5) is 0 Å². The normalized spacial score (nSPS) is 13.7. The first-order chi connectivity index (χ1) is 18.1. The number of carbonyl (C=O) groups excluding carboxylic acids is 3. The lowest BCUT2D eigenvalue weighted by molar-refractivity contribution is -0.142. The molecule has 0 radical (unpaired) electrons. The van der Waals surface area contributed by atoms with Gasteiger partial charge in [0.25, 0.3) is 0 Å². The van der Waals surface area contributed by atoms with Crippen molar-refractivity contribution in [2.24, 2.45) is 44.6 Å². The Morgan fingerprint density at radius 2 is 1.13 bits per heavy atom. The third-order valence-electron chi connectivity index (χ3n) is 5.21. The molecule has 0 aromatic rings. The molecule has 0 aliphatic rings. The van der Waals surface area contributed by atoms with Crippen LogP contribution in [0.1, 0.15) is 52.4 Å². The van der Waals surface area contributed by atoms with Gasteiger partial charge in [0.05, 0.1) is 12.5 Å². The monoisotopic (exact) mass is 558 g/mol. The molecule has 15 N–H and O–H groups in total. The van der Waals surface area contributed by atoms with Gasteiger partial charge in [-0.3, -0.25) is 29.2 Å². The average Bonchev–Trinajstić information content (AvgIpc) is 2.80. The van der Waals surface area contributed by atoms with E-state index in [1.165, 1.54) is 0 Å². The molecule has 0 aromatic carbocycles. The number of carboxylic acids is 2. The van der Waals surface area contributed by atoms with E-state index in [-0.39, 0.29) is 63.0 Å². The second-order valence-corrected chi connectivity index (χ2v) is 9.25. The summed E-state index contributed by atoms with van der Waals surface area (Å²) in [4.78, 5) is 68.8. The molecule has 17 heteroatoms. The van der Waals surface area contributed by atoms with Crippen LogP contribution in [0.25, 0.3) is 0 Å². The van der Waals surface area contributed by atoms with E-state index in [4.69, 9.17) is 33.8 Å². The number of aliphatic carboxylic acids is 2. The van der Waals surface area contributed by atoms with Crippen LogP contribution in [-0.4, -0.2) is 89.0 Å². The third-order valence-corrected chi connectivity index (χ3v) is 5.21. The summed E-state index contributed by atoms with van der Waals surface area (Å²) in [6.07, 6.45) is 0.0265. The number of hydrogen-bond donors (Lipinski definition) is 10. The Kier molecular flexibility index (Phi) is 16.2. The maximum Gasteiger partial charge on any atom is 0.326 e. The Hall–Kier alpha value is -4.15. The van der Waals surface area contributed by atoms with Crippen molar-refractivity contribution < 1.29 is 34.2 Å². The van der Waals surface area contributed by atoms with Crippen LogP contribution >= 0.6 is 0 Å². The fourth-order valence-corrected chi connectivity index (χ4v) is 3.34. The van der Waals surface area contributed by atoms with Gasteiger partial charge in [0, 0.05) is 13.1 Å². The van der Waals surface area contributed by atoms with Crippen molar-refractivity contribution in [3.05, 3.63) is 0 Å². The van der Waals surface area contributed by atoms with Crippen LogP contribution in [0.15, 0.2) is 9.98 Å². The minimum Gasteiger partial charge on any atom is -0.481 e. The van der Waals surface area contributed by atoms with Crippen molar-refractivity contribution in [3.8, 4) is 0 Å². The predicted molar refractivity (Wildman–Crippen MR) is 143 cm³/mol. The van der Waals surface area contributed by atoms with Crippen LogP contribution in [-0.2, 0) is 24.0 Å². The zero-order valence-corrected chi connectivity index (χ0v) is 22.3. The first-order valence-corrected chi connectivity index (χ1v) is 12.4. The number of amides is 3.